The molecule has 3 nitrogen and oxygen atoms in total. The molecule has 0 spiro atoms. The topological polar surface area (TPSA) is 21.1 Å². The van der Waals surface area contributed by atoms with E-state index in [1.807, 2.05) is 37.6 Å². The maximum Gasteiger partial charge on any atom is 0.416 e. The number of anilines is 1. The minimum Gasteiger partial charge on any atom is -0.375 e. The second kappa shape index (κ2) is 8.50. The van der Waals surface area contributed by atoms with Crippen molar-refractivity contribution in [3.05, 3.63) is 72.3 Å². The van der Waals surface area contributed by atoms with Gasteiger partial charge in [0.15, 0.2) is 0 Å². The minimum atomic E-state index is -4.31. The Balaban J connectivity index is 1.57. The first kappa shape index (κ1) is 20.0. The summed E-state index contributed by atoms with van der Waals surface area (Å²) in [5, 5.41) is 0. The molecule has 0 atom stereocenters. The van der Waals surface area contributed by atoms with Gasteiger partial charge in [-0.3, -0.25) is 0 Å². The molecule has 1 heterocycles. The van der Waals surface area contributed by atoms with Crippen molar-refractivity contribution in [2.24, 2.45) is 0 Å². The lowest BCUT2D eigenvalue weighted by atomic mass is 10.0. The van der Waals surface area contributed by atoms with E-state index in [0.717, 1.165) is 60.6 Å². The van der Waals surface area contributed by atoms with Crippen LogP contribution in [0.1, 0.15) is 24.6 Å². The third kappa shape index (κ3) is 4.94. The molecule has 0 aliphatic carbocycles. The molecular weight excluding hydrogens is 363 g/mol. The summed E-state index contributed by atoms with van der Waals surface area (Å²) in [5.74, 6) is 0. The molecule has 0 aliphatic heterocycles. The van der Waals surface area contributed by atoms with Gasteiger partial charge < -0.3 is 9.47 Å². The molecule has 0 saturated carbocycles. The number of halogens is 3. The fourth-order valence-electron chi connectivity index (χ4n) is 3.09. The number of aromatic nitrogens is 2. The zero-order valence-corrected chi connectivity index (χ0v) is 16.1. The van der Waals surface area contributed by atoms with E-state index in [9.17, 15) is 13.2 Å². The van der Waals surface area contributed by atoms with Gasteiger partial charge in [-0.25, -0.2) is 4.98 Å². The number of benzene rings is 2. The summed E-state index contributed by atoms with van der Waals surface area (Å²) in [6, 6.07) is 13.1. The Morgan fingerprint density at radius 1 is 0.964 bits per heavy atom. The Bertz CT molecular complexity index is 881. The molecule has 148 valence electrons. The van der Waals surface area contributed by atoms with Crippen LogP contribution in [0.2, 0.25) is 0 Å². The van der Waals surface area contributed by atoms with Crippen LogP contribution in [-0.4, -0.2) is 23.1 Å². The summed E-state index contributed by atoms with van der Waals surface area (Å²) in [4.78, 5) is 6.57. The van der Waals surface area contributed by atoms with Gasteiger partial charge in [0.05, 0.1) is 17.6 Å². The smallest absolute Gasteiger partial charge is 0.375 e. The van der Waals surface area contributed by atoms with Gasteiger partial charge in [-0.15, -0.1) is 0 Å². The fraction of sp³-hybridized carbons (Fsp3) is 0.318. The van der Waals surface area contributed by atoms with Crippen LogP contribution in [0.15, 0.2) is 61.1 Å². The SMILES string of the molecule is CCn1cnc(CCCN(C)c2ccc(-c3ccc(C(F)(F)F)cc3)cc2)c1. The van der Waals surface area contributed by atoms with Gasteiger partial charge in [0.25, 0.3) is 0 Å². The molecule has 2 aromatic carbocycles. The van der Waals surface area contributed by atoms with Crippen LogP contribution >= 0.6 is 0 Å². The van der Waals surface area contributed by atoms with Crippen LogP contribution in [0.5, 0.6) is 0 Å². The average Bonchev–Trinajstić information content (AvgIpc) is 3.15. The second-order valence-electron chi connectivity index (χ2n) is 6.84. The highest BCUT2D eigenvalue weighted by atomic mass is 19.4. The van der Waals surface area contributed by atoms with Crippen molar-refractivity contribution in [3.63, 3.8) is 0 Å². The fourth-order valence-corrected chi connectivity index (χ4v) is 3.09. The highest BCUT2D eigenvalue weighted by Gasteiger charge is 2.29. The molecule has 0 amide bonds. The van der Waals surface area contributed by atoms with Gasteiger partial charge in [-0.05, 0) is 55.2 Å². The highest BCUT2D eigenvalue weighted by molar-refractivity contribution is 5.66. The summed E-state index contributed by atoms with van der Waals surface area (Å²) in [6.07, 6.45) is 1.57. The van der Waals surface area contributed by atoms with Gasteiger partial charge in [-0.1, -0.05) is 24.3 Å². The maximum absolute atomic E-state index is 12.7. The standard InChI is InChI=1S/C22H24F3N3/c1-3-28-15-20(26-16-28)5-4-14-27(2)21-12-8-18(9-13-21)17-6-10-19(11-7-17)22(23,24)25/h6-13,15-16H,3-5,14H2,1-2H3. The Labute approximate surface area is 163 Å². The highest BCUT2D eigenvalue weighted by Crippen LogP contribution is 2.31. The van der Waals surface area contributed by atoms with Crippen molar-refractivity contribution in [3.8, 4) is 11.1 Å². The quantitative estimate of drug-likeness (QED) is 0.522. The summed E-state index contributed by atoms with van der Waals surface area (Å²) in [7, 11) is 2.04. The summed E-state index contributed by atoms with van der Waals surface area (Å²) in [5.41, 5.74) is 3.23. The van der Waals surface area contributed by atoms with E-state index in [4.69, 9.17) is 0 Å². The van der Waals surface area contributed by atoms with E-state index in [2.05, 4.69) is 27.6 Å². The lowest BCUT2D eigenvalue weighted by Gasteiger charge is -2.19. The van der Waals surface area contributed by atoms with E-state index in [1.165, 1.54) is 12.1 Å². The lowest BCUT2D eigenvalue weighted by molar-refractivity contribution is -0.137. The number of aryl methyl sites for hydroxylation is 2. The second-order valence-corrected chi connectivity index (χ2v) is 6.84. The Hall–Kier alpha value is -2.76. The van der Waals surface area contributed by atoms with Gasteiger partial charge in [0, 0.05) is 32.0 Å². The molecule has 0 fully saturated rings. The molecule has 0 unspecified atom stereocenters. The van der Waals surface area contributed by atoms with E-state index in [-0.39, 0.29) is 0 Å². The largest absolute Gasteiger partial charge is 0.416 e. The van der Waals surface area contributed by atoms with Gasteiger partial charge in [0.2, 0.25) is 0 Å². The van der Waals surface area contributed by atoms with Crippen molar-refractivity contribution in [2.45, 2.75) is 32.5 Å². The van der Waals surface area contributed by atoms with Crippen LogP contribution in [0.4, 0.5) is 18.9 Å². The van der Waals surface area contributed by atoms with Crippen LogP contribution in [-0.2, 0) is 19.1 Å². The number of imidazole rings is 1. The number of hydrogen-bond donors (Lipinski definition) is 0. The number of hydrogen-bond acceptors (Lipinski definition) is 2. The van der Waals surface area contributed by atoms with E-state index >= 15 is 0 Å². The predicted octanol–water partition coefficient (Wildman–Crippen LogP) is 5.66. The first-order chi connectivity index (χ1) is 13.4. The lowest BCUT2D eigenvalue weighted by Crippen LogP contribution is -2.18. The molecule has 1 aromatic heterocycles. The number of alkyl halides is 3. The maximum atomic E-state index is 12.7. The summed E-state index contributed by atoms with van der Waals surface area (Å²) < 4.78 is 40.1. The molecule has 0 bridgehead atoms. The van der Waals surface area contributed by atoms with Crippen molar-refractivity contribution >= 4 is 5.69 Å². The molecule has 0 radical (unpaired) electrons. The monoisotopic (exact) mass is 387 g/mol. The van der Waals surface area contributed by atoms with Crippen molar-refractivity contribution in [2.75, 3.05) is 18.5 Å². The Morgan fingerprint density at radius 3 is 2.11 bits per heavy atom. The molecule has 0 N–H and O–H groups in total. The number of nitrogens with zero attached hydrogens (tertiary/aromatic N) is 3. The van der Waals surface area contributed by atoms with Gasteiger partial charge in [0.1, 0.15) is 0 Å². The minimum absolute atomic E-state index is 0.628. The molecule has 3 rings (SSSR count). The van der Waals surface area contributed by atoms with Crippen LogP contribution in [0, 0.1) is 0 Å². The Morgan fingerprint density at radius 2 is 1.57 bits per heavy atom. The zero-order valence-electron chi connectivity index (χ0n) is 16.1. The first-order valence-electron chi connectivity index (χ1n) is 9.36. The van der Waals surface area contributed by atoms with Gasteiger partial charge >= 0.3 is 6.18 Å². The molecule has 0 saturated heterocycles. The van der Waals surface area contributed by atoms with E-state index in [1.54, 1.807) is 0 Å². The Kier molecular flexibility index (Phi) is 6.07. The van der Waals surface area contributed by atoms with Crippen molar-refractivity contribution in [1.82, 2.24) is 9.55 Å². The third-order valence-electron chi connectivity index (χ3n) is 4.83. The van der Waals surface area contributed by atoms with Crippen LogP contribution in [0.3, 0.4) is 0 Å². The molecular formula is C22H24F3N3. The summed E-state index contributed by atoms with van der Waals surface area (Å²) in [6.45, 7) is 3.92. The predicted molar refractivity (Wildman–Crippen MR) is 106 cm³/mol. The third-order valence-corrected chi connectivity index (χ3v) is 4.83. The molecule has 28 heavy (non-hydrogen) atoms. The van der Waals surface area contributed by atoms with E-state index < -0.39 is 11.7 Å². The first-order valence-corrected chi connectivity index (χ1v) is 9.36. The van der Waals surface area contributed by atoms with Crippen LogP contribution in [0.25, 0.3) is 11.1 Å². The molecule has 6 heteroatoms. The summed E-state index contributed by atoms with van der Waals surface area (Å²) >= 11 is 0. The average molecular weight is 387 g/mol. The molecule has 3 aromatic rings. The van der Waals surface area contributed by atoms with Crippen molar-refractivity contribution < 1.29 is 13.2 Å². The van der Waals surface area contributed by atoms with Crippen molar-refractivity contribution in [1.29, 1.82) is 0 Å². The number of rotatable bonds is 7. The van der Waals surface area contributed by atoms with E-state index in [0.29, 0.717) is 0 Å². The van der Waals surface area contributed by atoms with Gasteiger partial charge in [-0.2, -0.15) is 13.2 Å². The molecule has 0 aliphatic rings. The normalized spacial score (nSPS) is 11.6. The zero-order chi connectivity index (χ0) is 20.1. The van der Waals surface area contributed by atoms with Crippen LogP contribution < -0.4 is 4.90 Å².